The number of phenolic OH excluding ortho intramolecular Hbond substituents is 1. The minimum Gasteiger partial charge on any atom is -0.508 e. The number of phenols is 1. The molecule has 1 atom stereocenters. The molecule has 1 fully saturated rings. The van der Waals surface area contributed by atoms with Crippen LogP contribution < -0.4 is 5.32 Å². The van der Waals surface area contributed by atoms with Crippen molar-refractivity contribution in [3.63, 3.8) is 0 Å². The molecule has 0 radical (unpaired) electrons. The molecule has 1 aliphatic rings. The summed E-state index contributed by atoms with van der Waals surface area (Å²) >= 11 is 0. The van der Waals surface area contributed by atoms with Crippen LogP contribution in [-0.2, 0) is 9.84 Å². The van der Waals surface area contributed by atoms with E-state index in [9.17, 15) is 13.5 Å². The van der Waals surface area contributed by atoms with Gasteiger partial charge >= 0.3 is 0 Å². The summed E-state index contributed by atoms with van der Waals surface area (Å²) in [7, 11) is -0.926. The zero-order valence-electron chi connectivity index (χ0n) is 11.2. The molecule has 19 heavy (non-hydrogen) atoms. The van der Waals surface area contributed by atoms with Gasteiger partial charge in [0.2, 0.25) is 0 Å². The van der Waals surface area contributed by atoms with Crippen molar-refractivity contribution in [3.8, 4) is 5.75 Å². The maximum Gasteiger partial charge on any atom is 0.150 e. The van der Waals surface area contributed by atoms with E-state index in [2.05, 4.69) is 5.32 Å². The normalized spacial score (nSPS) is 21.1. The molecule has 0 saturated carbocycles. The highest BCUT2D eigenvalue weighted by Crippen LogP contribution is 2.34. The van der Waals surface area contributed by atoms with Crippen LogP contribution in [0, 0.1) is 5.92 Å². The molecule has 1 aromatic rings. The van der Waals surface area contributed by atoms with Gasteiger partial charge in [-0.05, 0) is 49.4 Å². The fraction of sp³-hybridized carbons (Fsp3) is 0.571. The number of nitrogens with one attached hydrogen (secondary N) is 1. The first-order valence-electron chi connectivity index (χ1n) is 6.66. The van der Waals surface area contributed by atoms with Gasteiger partial charge in [0.05, 0.1) is 11.5 Å². The molecule has 5 heteroatoms. The summed E-state index contributed by atoms with van der Waals surface area (Å²) in [5.41, 5.74) is 1.08. The molecular weight excluding hydrogens is 262 g/mol. The second-order valence-electron chi connectivity index (χ2n) is 5.25. The number of hydrogen-bond donors (Lipinski definition) is 2. The molecule has 1 aliphatic heterocycles. The molecular formula is C14H21NO3S. The second-order valence-corrected chi connectivity index (χ2v) is 7.55. The van der Waals surface area contributed by atoms with Crippen molar-refractivity contribution in [1.29, 1.82) is 0 Å². The Morgan fingerprint density at radius 2 is 2.05 bits per heavy atom. The van der Waals surface area contributed by atoms with Crippen molar-refractivity contribution in [1.82, 2.24) is 5.32 Å². The molecule has 106 valence electrons. The van der Waals surface area contributed by atoms with Gasteiger partial charge in [-0.15, -0.1) is 0 Å². The van der Waals surface area contributed by atoms with Crippen LogP contribution in [0.2, 0.25) is 0 Å². The molecule has 1 aromatic carbocycles. The lowest BCUT2D eigenvalue weighted by Crippen LogP contribution is -2.31. The van der Waals surface area contributed by atoms with Gasteiger partial charge in [-0.3, -0.25) is 0 Å². The van der Waals surface area contributed by atoms with Crippen molar-refractivity contribution in [2.75, 3.05) is 25.1 Å². The molecule has 0 bridgehead atoms. The fourth-order valence-electron chi connectivity index (χ4n) is 2.84. The minimum atomic E-state index is -2.82. The number of likely N-dealkylation sites (N-methyl/N-ethyl adjacent to an activating group) is 1. The van der Waals surface area contributed by atoms with Crippen molar-refractivity contribution in [2.24, 2.45) is 5.92 Å². The van der Waals surface area contributed by atoms with Crippen molar-refractivity contribution < 1.29 is 13.5 Å². The maximum atomic E-state index is 11.5. The Morgan fingerprint density at radius 3 is 2.63 bits per heavy atom. The van der Waals surface area contributed by atoms with Gasteiger partial charge in [0.1, 0.15) is 15.6 Å². The molecule has 0 amide bonds. The lowest BCUT2D eigenvalue weighted by atomic mass is 9.82. The molecule has 2 rings (SSSR count). The number of hydrogen-bond acceptors (Lipinski definition) is 4. The number of aromatic hydroxyl groups is 1. The van der Waals surface area contributed by atoms with E-state index < -0.39 is 9.84 Å². The smallest absolute Gasteiger partial charge is 0.150 e. The first-order valence-corrected chi connectivity index (χ1v) is 8.48. The van der Waals surface area contributed by atoms with Crippen LogP contribution in [0.3, 0.4) is 0 Å². The first-order chi connectivity index (χ1) is 9.02. The Bertz CT molecular complexity index is 513. The maximum absolute atomic E-state index is 11.5. The average molecular weight is 283 g/mol. The molecule has 1 saturated heterocycles. The highest BCUT2D eigenvalue weighted by atomic mass is 32.2. The molecule has 2 N–H and O–H groups in total. The Hall–Kier alpha value is -1.07. The van der Waals surface area contributed by atoms with Crippen LogP contribution in [0.4, 0.5) is 0 Å². The summed E-state index contributed by atoms with van der Waals surface area (Å²) in [6.07, 6.45) is 1.43. The third-order valence-corrected chi connectivity index (χ3v) is 5.61. The Labute approximate surface area is 114 Å². The predicted molar refractivity (Wildman–Crippen MR) is 76.2 cm³/mol. The number of rotatable bonds is 4. The van der Waals surface area contributed by atoms with E-state index in [0.717, 1.165) is 12.1 Å². The van der Waals surface area contributed by atoms with Crippen molar-refractivity contribution >= 4 is 9.84 Å². The average Bonchev–Trinajstić information content (AvgIpc) is 2.36. The molecule has 1 unspecified atom stereocenters. The minimum absolute atomic E-state index is 0.257. The van der Waals surface area contributed by atoms with E-state index in [1.807, 2.05) is 19.2 Å². The van der Waals surface area contributed by atoms with Crippen LogP contribution in [0.1, 0.15) is 24.3 Å². The zero-order chi connectivity index (χ0) is 13.9. The third-order valence-electron chi connectivity index (χ3n) is 3.89. The molecule has 0 aromatic heterocycles. The summed E-state index contributed by atoms with van der Waals surface area (Å²) in [6.45, 7) is 0.800. The van der Waals surface area contributed by atoms with Crippen molar-refractivity contribution in [3.05, 3.63) is 29.8 Å². The quantitative estimate of drug-likeness (QED) is 0.879. The standard InChI is InChI=1S/C14H21NO3S/c1-15-10-14(12-3-2-4-13(16)9-12)11-5-7-19(17,18)8-6-11/h2-4,9,11,14-16H,5-8,10H2,1H3. The molecule has 0 spiro atoms. The fourth-order valence-corrected chi connectivity index (χ4v) is 4.37. The van der Waals surface area contributed by atoms with Gasteiger partial charge in [0, 0.05) is 6.54 Å². The monoisotopic (exact) mass is 283 g/mol. The predicted octanol–water partition coefficient (Wildman–Crippen LogP) is 1.52. The summed E-state index contributed by atoms with van der Waals surface area (Å²) in [5, 5.41) is 12.8. The van der Waals surface area contributed by atoms with Crippen molar-refractivity contribution in [2.45, 2.75) is 18.8 Å². The highest BCUT2D eigenvalue weighted by molar-refractivity contribution is 7.91. The molecule has 4 nitrogen and oxygen atoms in total. The summed E-state index contributed by atoms with van der Waals surface area (Å²) in [6, 6.07) is 7.29. The van der Waals surface area contributed by atoms with E-state index in [1.54, 1.807) is 12.1 Å². The van der Waals surface area contributed by atoms with Gasteiger partial charge in [-0.1, -0.05) is 12.1 Å². The second kappa shape index (κ2) is 5.92. The summed E-state index contributed by atoms with van der Waals surface area (Å²) in [5.74, 6) is 1.46. The first kappa shape index (κ1) is 14.3. The largest absolute Gasteiger partial charge is 0.508 e. The van der Waals surface area contributed by atoms with Gasteiger partial charge < -0.3 is 10.4 Å². The van der Waals surface area contributed by atoms with Crippen LogP contribution in [0.25, 0.3) is 0 Å². The van der Waals surface area contributed by atoms with E-state index >= 15 is 0 Å². The molecule has 0 aliphatic carbocycles. The summed E-state index contributed by atoms with van der Waals surface area (Å²) in [4.78, 5) is 0. The Balaban J connectivity index is 2.17. The van der Waals surface area contributed by atoms with Crippen LogP contribution in [0.5, 0.6) is 5.75 Å². The summed E-state index contributed by atoms with van der Waals surface area (Å²) < 4.78 is 23.0. The Morgan fingerprint density at radius 1 is 1.37 bits per heavy atom. The topological polar surface area (TPSA) is 66.4 Å². The molecule has 1 heterocycles. The van der Waals surface area contributed by atoms with Gasteiger partial charge in [-0.2, -0.15) is 0 Å². The lowest BCUT2D eigenvalue weighted by molar-refractivity contribution is 0.374. The van der Waals surface area contributed by atoms with E-state index in [1.165, 1.54) is 0 Å². The highest BCUT2D eigenvalue weighted by Gasteiger charge is 2.30. The van der Waals surface area contributed by atoms with Gasteiger partial charge in [0.25, 0.3) is 0 Å². The van der Waals surface area contributed by atoms with E-state index in [-0.39, 0.29) is 23.2 Å². The Kier molecular flexibility index (Phi) is 4.47. The lowest BCUT2D eigenvalue weighted by Gasteiger charge is -2.30. The van der Waals surface area contributed by atoms with E-state index in [0.29, 0.717) is 18.8 Å². The van der Waals surface area contributed by atoms with Crippen LogP contribution in [0.15, 0.2) is 24.3 Å². The number of benzene rings is 1. The van der Waals surface area contributed by atoms with Gasteiger partial charge in [-0.25, -0.2) is 8.42 Å². The zero-order valence-corrected chi connectivity index (χ0v) is 12.0. The van der Waals surface area contributed by atoms with Gasteiger partial charge in [0.15, 0.2) is 0 Å². The number of sulfone groups is 1. The van der Waals surface area contributed by atoms with Crippen LogP contribution >= 0.6 is 0 Å². The SMILES string of the molecule is CNCC(c1cccc(O)c1)C1CCS(=O)(=O)CC1. The van der Waals surface area contributed by atoms with Crippen LogP contribution in [-0.4, -0.2) is 38.6 Å². The third kappa shape index (κ3) is 3.70. The van der Waals surface area contributed by atoms with E-state index in [4.69, 9.17) is 0 Å².